The van der Waals surface area contributed by atoms with Gasteiger partial charge in [0.1, 0.15) is 4.90 Å². The zero-order chi connectivity index (χ0) is 33.8. The van der Waals surface area contributed by atoms with Crippen molar-refractivity contribution >= 4 is 26.9 Å². The number of rotatable bonds is 10. The number of para-hydroxylation sites is 1. The lowest BCUT2D eigenvalue weighted by molar-refractivity contribution is -0.276. The van der Waals surface area contributed by atoms with Crippen molar-refractivity contribution in [3.8, 4) is 0 Å². The van der Waals surface area contributed by atoms with Gasteiger partial charge in [0.05, 0.1) is 24.3 Å². The molecule has 2 aliphatic rings. The number of benzene rings is 3. The van der Waals surface area contributed by atoms with Gasteiger partial charge in [-0.3, -0.25) is 9.88 Å². The molecule has 0 bridgehead atoms. The highest BCUT2D eigenvalue weighted by molar-refractivity contribution is 7.89. The first kappa shape index (κ1) is 33.2. The molecule has 3 aromatic carbocycles. The van der Waals surface area contributed by atoms with Gasteiger partial charge < -0.3 is 19.5 Å². The third kappa shape index (κ3) is 7.49. The molecule has 2 saturated heterocycles. The quantitative estimate of drug-likeness (QED) is 0.216. The van der Waals surface area contributed by atoms with Gasteiger partial charge in [0, 0.05) is 74.7 Å². The largest absolute Gasteiger partial charge is 0.392 e. The Balaban J connectivity index is 1.05. The van der Waals surface area contributed by atoms with Crippen LogP contribution in [-0.2, 0) is 32.6 Å². The monoisotopic (exact) mass is 680 g/mol. The van der Waals surface area contributed by atoms with E-state index in [1.807, 2.05) is 66.7 Å². The summed E-state index contributed by atoms with van der Waals surface area (Å²) in [5, 5.41) is 10.4. The van der Waals surface area contributed by atoms with Crippen LogP contribution in [0, 0.1) is 5.92 Å². The van der Waals surface area contributed by atoms with E-state index >= 15 is 0 Å². The molecule has 2 fully saturated rings. The van der Waals surface area contributed by atoms with Crippen LogP contribution in [0.5, 0.6) is 0 Å². The normalized spacial score (nSPS) is 22.0. The van der Waals surface area contributed by atoms with Crippen LogP contribution in [-0.4, -0.2) is 72.2 Å². The molecule has 49 heavy (non-hydrogen) atoms. The molecular formula is C37H40N6O5S. The van der Waals surface area contributed by atoms with Gasteiger partial charge in [0.15, 0.2) is 6.29 Å². The highest BCUT2D eigenvalue weighted by Crippen LogP contribution is 2.42. The number of aliphatic hydroxyl groups excluding tert-OH is 1. The lowest BCUT2D eigenvalue weighted by Gasteiger charge is -2.44. The zero-order valence-electron chi connectivity index (χ0n) is 27.3. The maximum atomic E-state index is 13.2. The summed E-state index contributed by atoms with van der Waals surface area (Å²) in [6.07, 6.45) is 4.19. The minimum Gasteiger partial charge on any atom is -0.392 e. The Hall–Kier alpha value is -4.30. The molecule has 7 rings (SSSR count). The molecule has 0 amide bonds. The fraction of sp³-hybridized carbons (Fsp3) is 0.324. The Morgan fingerprint density at radius 2 is 1.47 bits per heavy atom. The number of piperazine rings is 1. The highest BCUT2D eigenvalue weighted by Gasteiger charge is 2.39. The Kier molecular flexibility index (Phi) is 9.94. The standard InChI is InChI=1S/C37H40N6O5S/c1-26-32(24-42-19-21-43(22-20-42)37-39-17-4-18-40-37)47-36(48-35(26)30-12-10-28(25-44)11-13-30)31-14-8-27(9-15-31)23-41-49(45,46)33-7-2-5-29-6-3-16-38-34(29)33/h2-18,26,32,35-36,41,44H,19-25H2,1H3. The van der Waals surface area contributed by atoms with E-state index in [1.165, 1.54) is 0 Å². The van der Waals surface area contributed by atoms with Crippen LogP contribution in [0.4, 0.5) is 5.95 Å². The first-order valence-electron chi connectivity index (χ1n) is 16.5. The van der Waals surface area contributed by atoms with Crippen LogP contribution in [0.1, 0.15) is 41.6 Å². The Morgan fingerprint density at radius 3 is 2.20 bits per heavy atom. The summed E-state index contributed by atoms with van der Waals surface area (Å²) in [7, 11) is -3.80. The summed E-state index contributed by atoms with van der Waals surface area (Å²) in [5.41, 5.74) is 3.97. The molecule has 5 aromatic rings. The Morgan fingerprint density at radius 1 is 0.796 bits per heavy atom. The molecule has 4 heterocycles. The maximum Gasteiger partial charge on any atom is 0.243 e. The fourth-order valence-corrected chi connectivity index (χ4v) is 7.70. The molecule has 11 nitrogen and oxygen atoms in total. The van der Waals surface area contributed by atoms with Crippen LogP contribution in [0.25, 0.3) is 10.9 Å². The molecule has 4 unspecified atom stereocenters. The summed E-state index contributed by atoms with van der Waals surface area (Å²) in [6.45, 7) is 6.42. The van der Waals surface area contributed by atoms with E-state index in [4.69, 9.17) is 9.47 Å². The van der Waals surface area contributed by atoms with E-state index in [2.05, 4.69) is 36.4 Å². The highest BCUT2D eigenvalue weighted by atomic mass is 32.2. The van der Waals surface area contributed by atoms with Crippen molar-refractivity contribution in [2.24, 2.45) is 5.92 Å². The molecule has 0 saturated carbocycles. The van der Waals surface area contributed by atoms with E-state index < -0.39 is 16.3 Å². The number of anilines is 1. The van der Waals surface area contributed by atoms with Gasteiger partial charge in [-0.2, -0.15) is 0 Å². The van der Waals surface area contributed by atoms with Gasteiger partial charge in [0.25, 0.3) is 0 Å². The fourth-order valence-electron chi connectivity index (χ4n) is 6.51. The van der Waals surface area contributed by atoms with Gasteiger partial charge in [-0.15, -0.1) is 0 Å². The number of pyridine rings is 1. The number of hydrogen-bond acceptors (Lipinski definition) is 10. The molecule has 2 N–H and O–H groups in total. The Labute approximate surface area is 286 Å². The number of ether oxygens (including phenoxy) is 2. The molecule has 4 atom stereocenters. The van der Waals surface area contributed by atoms with E-state index in [0.29, 0.717) is 5.52 Å². The van der Waals surface area contributed by atoms with Crippen molar-refractivity contribution in [1.29, 1.82) is 0 Å². The van der Waals surface area contributed by atoms with E-state index in [1.54, 1.807) is 36.8 Å². The average Bonchev–Trinajstić information content (AvgIpc) is 3.15. The number of fused-ring (bicyclic) bond motifs is 1. The van der Waals surface area contributed by atoms with E-state index in [-0.39, 0.29) is 36.2 Å². The molecule has 12 heteroatoms. The summed E-state index contributed by atoms with van der Waals surface area (Å²) < 4.78 is 42.6. The van der Waals surface area contributed by atoms with Crippen LogP contribution >= 0.6 is 0 Å². The van der Waals surface area contributed by atoms with Crippen LogP contribution < -0.4 is 9.62 Å². The third-order valence-corrected chi connectivity index (χ3v) is 10.8. The number of aromatic nitrogens is 3. The maximum absolute atomic E-state index is 13.2. The average molecular weight is 681 g/mol. The van der Waals surface area contributed by atoms with Crippen molar-refractivity contribution in [2.75, 3.05) is 37.6 Å². The summed E-state index contributed by atoms with van der Waals surface area (Å²) in [6, 6.07) is 26.2. The topological polar surface area (TPSA) is 130 Å². The van der Waals surface area contributed by atoms with Gasteiger partial charge in [-0.1, -0.05) is 73.7 Å². The minimum absolute atomic E-state index is 0.0168. The van der Waals surface area contributed by atoms with Crippen molar-refractivity contribution in [3.63, 3.8) is 0 Å². The van der Waals surface area contributed by atoms with Crippen molar-refractivity contribution in [2.45, 2.75) is 43.5 Å². The minimum atomic E-state index is -3.80. The molecule has 2 aromatic heterocycles. The number of sulfonamides is 1. The summed E-state index contributed by atoms with van der Waals surface area (Å²) in [4.78, 5) is 17.9. The first-order chi connectivity index (χ1) is 23.9. The molecule has 0 radical (unpaired) electrons. The molecular weight excluding hydrogens is 641 g/mol. The number of nitrogens with zero attached hydrogens (tertiary/aromatic N) is 5. The predicted octanol–water partition coefficient (Wildman–Crippen LogP) is 4.61. The molecule has 0 spiro atoms. The second-order valence-electron chi connectivity index (χ2n) is 12.6. The van der Waals surface area contributed by atoms with E-state index in [0.717, 1.165) is 66.3 Å². The van der Waals surface area contributed by atoms with E-state index in [9.17, 15) is 13.5 Å². The molecule has 2 aliphatic heterocycles. The zero-order valence-corrected chi connectivity index (χ0v) is 28.1. The number of hydrogen-bond donors (Lipinski definition) is 2. The van der Waals surface area contributed by atoms with Gasteiger partial charge >= 0.3 is 0 Å². The second kappa shape index (κ2) is 14.7. The summed E-state index contributed by atoms with van der Waals surface area (Å²) in [5.74, 6) is 0.815. The number of nitrogens with one attached hydrogen (secondary N) is 1. The number of aliphatic hydroxyl groups is 1. The molecule has 0 aliphatic carbocycles. The predicted molar refractivity (Wildman–Crippen MR) is 186 cm³/mol. The van der Waals surface area contributed by atoms with Crippen LogP contribution in [0.2, 0.25) is 0 Å². The van der Waals surface area contributed by atoms with Crippen molar-refractivity contribution in [1.82, 2.24) is 24.6 Å². The SMILES string of the molecule is CC1C(CN2CCN(c3ncccn3)CC2)OC(c2ccc(CNS(=O)(=O)c3cccc4cccnc34)cc2)OC1c1ccc(CO)cc1. The van der Waals surface area contributed by atoms with Crippen molar-refractivity contribution in [3.05, 3.63) is 126 Å². The first-order valence-corrected chi connectivity index (χ1v) is 18.0. The smallest absolute Gasteiger partial charge is 0.243 e. The lowest BCUT2D eigenvalue weighted by Crippen LogP contribution is -2.51. The molecule has 254 valence electrons. The lowest BCUT2D eigenvalue weighted by atomic mass is 9.90. The van der Waals surface area contributed by atoms with Crippen LogP contribution in [0.3, 0.4) is 0 Å². The van der Waals surface area contributed by atoms with Gasteiger partial charge in [-0.25, -0.2) is 23.1 Å². The Bertz CT molecular complexity index is 1950. The summed E-state index contributed by atoms with van der Waals surface area (Å²) >= 11 is 0. The van der Waals surface area contributed by atoms with Gasteiger partial charge in [0.2, 0.25) is 16.0 Å². The van der Waals surface area contributed by atoms with Crippen LogP contribution in [0.15, 0.2) is 108 Å². The third-order valence-electron chi connectivity index (χ3n) is 9.37. The second-order valence-corrected chi connectivity index (χ2v) is 14.3. The van der Waals surface area contributed by atoms with Crippen molar-refractivity contribution < 1.29 is 23.0 Å². The van der Waals surface area contributed by atoms with Gasteiger partial charge in [-0.05, 0) is 34.9 Å².